The molecule has 0 bridgehead atoms. The Morgan fingerprint density at radius 2 is 2.08 bits per heavy atom. The van der Waals surface area contributed by atoms with Gasteiger partial charge in [0.05, 0.1) is 12.1 Å². The van der Waals surface area contributed by atoms with Crippen molar-refractivity contribution in [3.05, 3.63) is 46.5 Å². The lowest BCUT2D eigenvalue weighted by atomic mass is 10.2. The monoisotopic (exact) mass is 341 g/mol. The number of aromatic nitrogens is 4. The Morgan fingerprint density at radius 3 is 2.96 bits per heavy atom. The van der Waals surface area contributed by atoms with Crippen molar-refractivity contribution < 1.29 is 9.21 Å². The average Bonchev–Trinajstić information content (AvgIpc) is 3.15. The molecule has 3 heterocycles. The van der Waals surface area contributed by atoms with Crippen molar-refractivity contribution in [2.75, 3.05) is 6.54 Å². The highest BCUT2D eigenvalue weighted by atomic mass is 16.4. The number of para-hydroxylation sites is 2. The summed E-state index contributed by atoms with van der Waals surface area (Å²) in [7, 11) is 0. The smallest absolute Gasteiger partial charge is 0.408 e. The highest BCUT2D eigenvalue weighted by molar-refractivity contribution is 5.76. The van der Waals surface area contributed by atoms with Gasteiger partial charge in [0.2, 0.25) is 5.91 Å². The molecule has 4 rings (SSSR count). The standard InChI is InChI=1S/C17H19N5O3/c1-12-18-19-15-11-20(9-10-21(12)15)16(23)7-4-8-22-13-5-2-3-6-14(13)25-17(22)24/h2-3,5-6H,4,7-11H2,1H3. The van der Waals surface area contributed by atoms with E-state index >= 15 is 0 Å². The first-order chi connectivity index (χ1) is 12.1. The van der Waals surface area contributed by atoms with Gasteiger partial charge in [-0.05, 0) is 25.5 Å². The van der Waals surface area contributed by atoms with Gasteiger partial charge < -0.3 is 13.9 Å². The number of nitrogens with zero attached hydrogens (tertiary/aromatic N) is 5. The fraction of sp³-hybridized carbons (Fsp3) is 0.412. The summed E-state index contributed by atoms with van der Waals surface area (Å²) in [5, 5.41) is 8.17. The Morgan fingerprint density at radius 1 is 1.24 bits per heavy atom. The van der Waals surface area contributed by atoms with E-state index in [0.717, 1.165) is 23.7 Å². The molecule has 1 amide bonds. The molecule has 0 aliphatic carbocycles. The van der Waals surface area contributed by atoms with Crippen LogP contribution in [0.4, 0.5) is 0 Å². The minimum absolute atomic E-state index is 0.0766. The lowest BCUT2D eigenvalue weighted by molar-refractivity contribution is -0.132. The number of carbonyl (C=O) groups excluding carboxylic acids is 1. The summed E-state index contributed by atoms with van der Waals surface area (Å²) in [6.45, 7) is 4.27. The van der Waals surface area contributed by atoms with Crippen LogP contribution < -0.4 is 5.76 Å². The molecule has 8 nitrogen and oxygen atoms in total. The van der Waals surface area contributed by atoms with Crippen molar-refractivity contribution in [2.45, 2.75) is 39.4 Å². The van der Waals surface area contributed by atoms with Crippen molar-refractivity contribution in [1.82, 2.24) is 24.2 Å². The molecule has 0 spiro atoms. The quantitative estimate of drug-likeness (QED) is 0.714. The summed E-state index contributed by atoms with van der Waals surface area (Å²) in [5.41, 5.74) is 1.34. The molecule has 0 N–H and O–H groups in total. The maximum absolute atomic E-state index is 12.4. The number of aryl methyl sites for hydroxylation is 2. The van der Waals surface area contributed by atoms with E-state index in [1.807, 2.05) is 29.7 Å². The molecule has 0 atom stereocenters. The van der Waals surface area contributed by atoms with Crippen molar-refractivity contribution in [3.8, 4) is 0 Å². The molecule has 3 aromatic rings. The Labute approximate surface area is 143 Å². The van der Waals surface area contributed by atoms with Gasteiger partial charge in [0.25, 0.3) is 0 Å². The first kappa shape index (κ1) is 15.6. The molecular formula is C17H19N5O3. The molecular weight excluding hydrogens is 322 g/mol. The van der Waals surface area contributed by atoms with Gasteiger partial charge in [-0.2, -0.15) is 0 Å². The molecule has 130 valence electrons. The zero-order valence-corrected chi connectivity index (χ0v) is 14.0. The number of carbonyl (C=O) groups is 1. The van der Waals surface area contributed by atoms with Gasteiger partial charge in [-0.1, -0.05) is 12.1 Å². The highest BCUT2D eigenvalue weighted by Crippen LogP contribution is 2.15. The SMILES string of the molecule is Cc1nnc2n1CCN(C(=O)CCCn1c(=O)oc3ccccc31)C2. The minimum atomic E-state index is -0.379. The molecule has 0 radical (unpaired) electrons. The molecule has 0 fully saturated rings. The van der Waals surface area contributed by atoms with Crippen LogP contribution in [0.2, 0.25) is 0 Å². The van der Waals surface area contributed by atoms with Gasteiger partial charge in [0.15, 0.2) is 11.4 Å². The van der Waals surface area contributed by atoms with Crippen LogP contribution in [0.5, 0.6) is 0 Å². The predicted octanol–water partition coefficient (Wildman–Crippen LogP) is 1.32. The van der Waals surface area contributed by atoms with Gasteiger partial charge in [-0.25, -0.2) is 4.79 Å². The number of benzene rings is 1. The van der Waals surface area contributed by atoms with Crippen LogP contribution in [0.15, 0.2) is 33.5 Å². The molecule has 0 saturated heterocycles. The lowest BCUT2D eigenvalue weighted by Crippen LogP contribution is -2.38. The molecule has 25 heavy (non-hydrogen) atoms. The van der Waals surface area contributed by atoms with E-state index in [-0.39, 0.29) is 11.7 Å². The molecule has 8 heteroatoms. The predicted molar refractivity (Wildman–Crippen MR) is 89.9 cm³/mol. The minimum Gasteiger partial charge on any atom is -0.408 e. The van der Waals surface area contributed by atoms with Gasteiger partial charge in [-0.3, -0.25) is 9.36 Å². The number of oxazole rings is 1. The highest BCUT2D eigenvalue weighted by Gasteiger charge is 2.23. The van der Waals surface area contributed by atoms with Crippen LogP contribution in [-0.4, -0.2) is 36.7 Å². The Hall–Kier alpha value is -2.90. The molecule has 1 aliphatic heterocycles. The summed E-state index contributed by atoms with van der Waals surface area (Å²) in [6, 6.07) is 7.31. The fourth-order valence-corrected chi connectivity index (χ4v) is 3.29. The zero-order valence-electron chi connectivity index (χ0n) is 14.0. The summed E-state index contributed by atoms with van der Waals surface area (Å²) in [6.07, 6.45) is 0.976. The topological polar surface area (TPSA) is 86.2 Å². The second-order valence-corrected chi connectivity index (χ2v) is 6.22. The number of hydrogen-bond acceptors (Lipinski definition) is 5. The Bertz CT molecular complexity index is 984. The summed E-state index contributed by atoms with van der Waals surface area (Å²) in [4.78, 5) is 26.2. The van der Waals surface area contributed by atoms with Crippen molar-refractivity contribution in [1.29, 1.82) is 0 Å². The number of fused-ring (bicyclic) bond motifs is 2. The van der Waals surface area contributed by atoms with E-state index in [4.69, 9.17) is 4.42 Å². The first-order valence-electron chi connectivity index (χ1n) is 8.38. The van der Waals surface area contributed by atoms with Crippen molar-refractivity contribution >= 4 is 17.0 Å². The fourth-order valence-electron chi connectivity index (χ4n) is 3.29. The van der Waals surface area contributed by atoms with Crippen LogP contribution in [0.1, 0.15) is 24.5 Å². The van der Waals surface area contributed by atoms with Gasteiger partial charge in [-0.15, -0.1) is 10.2 Å². The summed E-state index contributed by atoms with van der Waals surface area (Å²) < 4.78 is 8.83. The third-order valence-electron chi connectivity index (χ3n) is 4.64. The van der Waals surface area contributed by atoms with E-state index < -0.39 is 0 Å². The van der Waals surface area contributed by atoms with Crippen LogP contribution in [0.3, 0.4) is 0 Å². The zero-order chi connectivity index (χ0) is 17.4. The number of rotatable bonds is 4. The number of amides is 1. The Balaban J connectivity index is 1.38. The summed E-state index contributed by atoms with van der Waals surface area (Å²) >= 11 is 0. The van der Waals surface area contributed by atoms with Crippen LogP contribution in [0, 0.1) is 6.92 Å². The normalized spacial score (nSPS) is 14.0. The van der Waals surface area contributed by atoms with E-state index in [1.54, 1.807) is 15.5 Å². The molecule has 0 saturated carbocycles. The molecule has 1 aliphatic rings. The average molecular weight is 341 g/mol. The van der Waals surface area contributed by atoms with Crippen LogP contribution in [-0.2, 0) is 24.4 Å². The van der Waals surface area contributed by atoms with E-state index in [0.29, 0.717) is 38.1 Å². The van der Waals surface area contributed by atoms with Gasteiger partial charge in [0, 0.05) is 26.1 Å². The van der Waals surface area contributed by atoms with Crippen molar-refractivity contribution in [3.63, 3.8) is 0 Å². The largest absolute Gasteiger partial charge is 0.419 e. The number of hydrogen-bond donors (Lipinski definition) is 0. The molecule has 1 aromatic carbocycles. The lowest BCUT2D eigenvalue weighted by Gasteiger charge is -2.27. The van der Waals surface area contributed by atoms with Crippen molar-refractivity contribution in [2.24, 2.45) is 0 Å². The second kappa shape index (κ2) is 6.19. The Kier molecular flexibility index (Phi) is 3.87. The van der Waals surface area contributed by atoms with Gasteiger partial charge in [0.1, 0.15) is 5.82 Å². The molecule has 0 unspecified atom stereocenters. The van der Waals surface area contributed by atoms with E-state index in [1.165, 1.54) is 0 Å². The second-order valence-electron chi connectivity index (χ2n) is 6.22. The maximum Gasteiger partial charge on any atom is 0.419 e. The van der Waals surface area contributed by atoms with E-state index in [2.05, 4.69) is 10.2 Å². The molecule has 2 aromatic heterocycles. The summed E-state index contributed by atoms with van der Waals surface area (Å²) in [5.74, 6) is 1.41. The van der Waals surface area contributed by atoms with Crippen LogP contribution >= 0.6 is 0 Å². The maximum atomic E-state index is 12.4. The van der Waals surface area contributed by atoms with Gasteiger partial charge >= 0.3 is 5.76 Å². The third-order valence-corrected chi connectivity index (χ3v) is 4.64. The van der Waals surface area contributed by atoms with E-state index in [9.17, 15) is 9.59 Å². The first-order valence-corrected chi connectivity index (χ1v) is 8.38. The third kappa shape index (κ3) is 2.84. The van der Waals surface area contributed by atoms with Crippen LogP contribution in [0.25, 0.3) is 11.1 Å².